The molecule has 4 aliphatic carbocycles. The van der Waals surface area contributed by atoms with Gasteiger partial charge in [-0.25, -0.2) is 9.59 Å². The van der Waals surface area contributed by atoms with Crippen LogP contribution in [-0.4, -0.2) is 65.4 Å². The van der Waals surface area contributed by atoms with E-state index in [2.05, 4.69) is 0 Å². The van der Waals surface area contributed by atoms with Crippen molar-refractivity contribution in [1.82, 2.24) is 0 Å². The first-order chi connectivity index (χ1) is 18.7. The second-order valence-electron chi connectivity index (χ2n) is 12.6. The van der Waals surface area contributed by atoms with E-state index >= 15 is 0 Å². The molecule has 8 atom stereocenters. The number of ketones is 2. The number of allylic oxidation sites excluding steroid dienone is 4. The van der Waals surface area contributed by atoms with Crippen LogP contribution >= 0.6 is 11.6 Å². The van der Waals surface area contributed by atoms with Gasteiger partial charge in [0.05, 0.1) is 24.2 Å². The Morgan fingerprint density at radius 3 is 2.48 bits per heavy atom. The number of aliphatic hydroxyl groups is 1. The van der Waals surface area contributed by atoms with Crippen molar-refractivity contribution >= 4 is 35.5 Å². The molecule has 10 heteroatoms. The third-order valence-electron chi connectivity index (χ3n) is 9.96. The SMILES string of the molecule is CCOC(=O)O[C@]1(C(=O)COC(=O)OCC(C)C)[C@H](C)C[C@H]2[C@@H]3CCC4=CC(=O)C=C[C@]4(C)[C@@]3(Cl)C(O)C[C@@]21C. The molecule has 0 radical (unpaired) electrons. The molecule has 0 spiro atoms. The summed E-state index contributed by atoms with van der Waals surface area (Å²) < 4.78 is 21.3. The van der Waals surface area contributed by atoms with Crippen molar-refractivity contribution in [3.8, 4) is 0 Å². The molecule has 40 heavy (non-hydrogen) atoms. The molecular weight excluding hydrogens is 540 g/mol. The molecule has 3 saturated carbocycles. The lowest BCUT2D eigenvalue weighted by molar-refractivity contribution is -0.185. The summed E-state index contributed by atoms with van der Waals surface area (Å²) in [4.78, 5) is 50.1. The van der Waals surface area contributed by atoms with Gasteiger partial charge >= 0.3 is 12.3 Å². The van der Waals surface area contributed by atoms with Crippen LogP contribution < -0.4 is 0 Å². The molecule has 222 valence electrons. The number of carbonyl (C=O) groups excluding carboxylic acids is 4. The highest BCUT2D eigenvalue weighted by atomic mass is 35.5. The van der Waals surface area contributed by atoms with Crippen LogP contribution in [0.4, 0.5) is 9.59 Å². The van der Waals surface area contributed by atoms with E-state index < -0.39 is 58.0 Å². The number of aliphatic hydroxyl groups excluding tert-OH is 1. The van der Waals surface area contributed by atoms with Gasteiger partial charge in [-0.05, 0) is 62.5 Å². The van der Waals surface area contributed by atoms with Crippen LogP contribution in [0, 0.1) is 34.5 Å². The average Bonchev–Trinajstić information content (AvgIpc) is 3.09. The highest BCUT2D eigenvalue weighted by Gasteiger charge is 2.76. The molecule has 0 saturated heterocycles. The lowest BCUT2D eigenvalue weighted by Gasteiger charge is -2.64. The number of hydrogen-bond acceptors (Lipinski definition) is 9. The van der Waals surface area contributed by atoms with Crippen molar-refractivity contribution in [3.63, 3.8) is 0 Å². The standard InChI is InChI=1S/C30H41ClO9/c1-7-37-26(36)40-30(24(34)16-39-25(35)38-15-17(2)3)18(4)12-22-21-9-8-19-13-20(32)10-11-27(19,5)29(21,31)23(33)14-28(22,30)6/h10-11,13,17-18,21-23,33H,7-9,12,14-16H2,1-6H3/t18-,21+,22+,23?,27+,28+,29+,30+/m1/s1. The fraction of sp³-hybridized carbons (Fsp3) is 0.733. The number of rotatable bonds is 7. The van der Waals surface area contributed by atoms with Gasteiger partial charge in [0.15, 0.2) is 18.0 Å². The summed E-state index contributed by atoms with van der Waals surface area (Å²) in [7, 11) is 0. The van der Waals surface area contributed by atoms with Crippen LogP contribution in [0.25, 0.3) is 0 Å². The summed E-state index contributed by atoms with van der Waals surface area (Å²) in [6, 6.07) is 0. The van der Waals surface area contributed by atoms with Crippen molar-refractivity contribution in [2.24, 2.45) is 34.5 Å². The molecular formula is C30H41ClO9. The summed E-state index contributed by atoms with van der Waals surface area (Å²) in [5.41, 5.74) is -2.67. The van der Waals surface area contributed by atoms with Gasteiger partial charge in [-0.2, -0.15) is 0 Å². The largest absolute Gasteiger partial charge is 0.509 e. The maximum Gasteiger partial charge on any atom is 0.509 e. The van der Waals surface area contributed by atoms with Crippen LogP contribution in [0.3, 0.4) is 0 Å². The lowest BCUT2D eigenvalue weighted by atomic mass is 9.45. The zero-order chi connectivity index (χ0) is 29.7. The molecule has 3 fully saturated rings. The summed E-state index contributed by atoms with van der Waals surface area (Å²) in [5.74, 6) is -1.59. The van der Waals surface area contributed by atoms with Crippen LogP contribution in [0.1, 0.15) is 67.2 Å². The second kappa shape index (κ2) is 10.8. The normalized spacial score (nSPS) is 39.9. The van der Waals surface area contributed by atoms with E-state index in [9.17, 15) is 24.3 Å². The van der Waals surface area contributed by atoms with E-state index in [4.69, 9.17) is 30.5 Å². The topological polar surface area (TPSA) is 125 Å². The Bertz CT molecular complexity index is 1130. The molecule has 0 aliphatic heterocycles. The molecule has 0 aromatic carbocycles. The van der Waals surface area contributed by atoms with Gasteiger partial charge in [0, 0.05) is 16.7 Å². The van der Waals surface area contributed by atoms with Gasteiger partial charge < -0.3 is 24.1 Å². The third-order valence-corrected chi connectivity index (χ3v) is 10.9. The minimum atomic E-state index is -1.74. The molecule has 0 bridgehead atoms. The van der Waals surface area contributed by atoms with E-state index in [-0.39, 0.29) is 43.2 Å². The Kier molecular flexibility index (Phi) is 8.24. The Morgan fingerprint density at radius 2 is 1.82 bits per heavy atom. The molecule has 0 heterocycles. The summed E-state index contributed by atoms with van der Waals surface area (Å²) in [5, 5.41) is 11.9. The van der Waals surface area contributed by atoms with Crippen molar-refractivity contribution in [1.29, 1.82) is 0 Å². The highest BCUT2D eigenvalue weighted by molar-refractivity contribution is 6.26. The van der Waals surface area contributed by atoms with Crippen molar-refractivity contribution in [2.45, 2.75) is 83.8 Å². The van der Waals surface area contributed by atoms with Crippen molar-refractivity contribution in [2.75, 3.05) is 19.8 Å². The summed E-state index contributed by atoms with van der Waals surface area (Å²) in [6.07, 6.45) is 3.58. The number of carbonyl (C=O) groups is 4. The predicted molar refractivity (Wildman–Crippen MR) is 146 cm³/mol. The Morgan fingerprint density at radius 1 is 1.12 bits per heavy atom. The summed E-state index contributed by atoms with van der Waals surface area (Å²) in [6.45, 7) is 10.5. The zero-order valence-electron chi connectivity index (χ0n) is 24.2. The third kappa shape index (κ3) is 4.48. The number of ether oxygens (including phenoxy) is 4. The maximum absolute atomic E-state index is 14.1. The Hall–Kier alpha value is -2.39. The smallest absolute Gasteiger partial charge is 0.435 e. The minimum absolute atomic E-state index is 0.0459. The van der Waals surface area contributed by atoms with Gasteiger partial charge in [-0.3, -0.25) is 9.59 Å². The van der Waals surface area contributed by atoms with Gasteiger partial charge in [0.2, 0.25) is 5.78 Å². The molecule has 4 aliphatic rings. The Labute approximate surface area is 240 Å². The average molecular weight is 581 g/mol. The fourth-order valence-electron chi connectivity index (χ4n) is 8.19. The number of hydrogen-bond donors (Lipinski definition) is 1. The summed E-state index contributed by atoms with van der Waals surface area (Å²) >= 11 is 7.50. The van der Waals surface area contributed by atoms with Crippen LogP contribution in [0.15, 0.2) is 23.8 Å². The monoisotopic (exact) mass is 580 g/mol. The van der Waals surface area contributed by atoms with E-state index in [0.29, 0.717) is 19.3 Å². The number of Topliss-reactive ketones (excluding diaryl/α,β-unsaturated/α-hetero) is 1. The minimum Gasteiger partial charge on any atom is -0.435 e. The number of halogens is 1. The van der Waals surface area contributed by atoms with Gasteiger partial charge in [-0.1, -0.05) is 46.3 Å². The van der Waals surface area contributed by atoms with Crippen LogP contribution in [0.5, 0.6) is 0 Å². The van der Waals surface area contributed by atoms with E-state index in [1.165, 1.54) is 6.08 Å². The van der Waals surface area contributed by atoms with Crippen LogP contribution in [0.2, 0.25) is 0 Å². The lowest BCUT2D eigenvalue weighted by Crippen LogP contribution is -2.69. The molecule has 1 N–H and O–H groups in total. The maximum atomic E-state index is 14.1. The zero-order valence-corrected chi connectivity index (χ0v) is 24.9. The molecule has 9 nitrogen and oxygen atoms in total. The van der Waals surface area contributed by atoms with Crippen molar-refractivity contribution < 1.29 is 43.2 Å². The van der Waals surface area contributed by atoms with Gasteiger partial charge in [0.25, 0.3) is 0 Å². The molecule has 4 rings (SSSR count). The van der Waals surface area contributed by atoms with E-state index in [0.717, 1.165) is 5.57 Å². The first-order valence-corrected chi connectivity index (χ1v) is 14.5. The van der Waals surface area contributed by atoms with Gasteiger partial charge in [-0.15, -0.1) is 11.6 Å². The van der Waals surface area contributed by atoms with Crippen LogP contribution in [-0.2, 0) is 28.5 Å². The number of fused-ring (bicyclic) bond motifs is 5. The molecule has 0 amide bonds. The fourth-order valence-corrected chi connectivity index (χ4v) is 8.71. The molecule has 1 unspecified atom stereocenters. The van der Waals surface area contributed by atoms with Gasteiger partial charge in [0.1, 0.15) is 0 Å². The van der Waals surface area contributed by atoms with Crippen molar-refractivity contribution in [3.05, 3.63) is 23.8 Å². The predicted octanol–water partition coefficient (Wildman–Crippen LogP) is 5.16. The first kappa shape index (κ1) is 30.6. The molecule has 0 aromatic heterocycles. The van der Waals surface area contributed by atoms with E-state index in [1.807, 2.05) is 34.6 Å². The molecule has 0 aromatic rings. The highest BCUT2D eigenvalue weighted by Crippen LogP contribution is 2.72. The second-order valence-corrected chi connectivity index (χ2v) is 13.2. The first-order valence-electron chi connectivity index (χ1n) is 14.2. The number of alkyl halides is 1. The quantitative estimate of drug-likeness (QED) is 0.321. The Balaban J connectivity index is 1.72. The van der Waals surface area contributed by atoms with E-state index in [1.54, 1.807) is 19.1 Å².